The second kappa shape index (κ2) is 5.12. The van der Waals surface area contributed by atoms with Crippen LogP contribution in [0.2, 0.25) is 5.02 Å². The van der Waals surface area contributed by atoms with Crippen molar-refractivity contribution in [2.45, 2.75) is 22.8 Å². The SMILES string of the molecule is CC(N)c1ccc(Sc2cnn(C)c2)cc1Cl. The van der Waals surface area contributed by atoms with Gasteiger partial charge in [-0.25, -0.2) is 0 Å². The molecule has 2 rings (SSSR count). The lowest BCUT2D eigenvalue weighted by atomic mass is 10.1. The average molecular weight is 268 g/mol. The Bertz CT molecular complexity index is 522. The summed E-state index contributed by atoms with van der Waals surface area (Å²) in [6.07, 6.45) is 3.80. The van der Waals surface area contributed by atoms with Crippen molar-refractivity contribution in [2.75, 3.05) is 0 Å². The maximum Gasteiger partial charge on any atom is 0.0629 e. The molecule has 0 saturated heterocycles. The van der Waals surface area contributed by atoms with E-state index in [1.165, 1.54) is 0 Å². The standard InChI is InChI=1S/C12H14ClN3S/c1-8(14)11-4-3-9(5-12(11)13)17-10-6-15-16(2)7-10/h3-8H,14H2,1-2H3. The van der Waals surface area contributed by atoms with Gasteiger partial charge in [-0.3, -0.25) is 4.68 Å². The fourth-order valence-electron chi connectivity index (χ4n) is 1.53. The third-order valence-corrected chi connectivity index (χ3v) is 3.64. The van der Waals surface area contributed by atoms with Crippen LogP contribution in [0.4, 0.5) is 0 Å². The summed E-state index contributed by atoms with van der Waals surface area (Å²) in [6.45, 7) is 1.93. The fourth-order valence-corrected chi connectivity index (χ4v) is 2.84. The first-order valence-corrected chi connectivity index (χ1v) is 6.47. The third-order valence-electron chi connectivity index (χ3n) is 2.38. The summed E-state index contributed by atoms with van der Waals surface area (Å²) >= 11 is 7.82. The average Bonchev–Trinajstić information content (AvgIpc) is 2.63. The normalized spacial score (nSPS) is 12.7. The predicted molar refractivity (Wildman–Crippen MR) is 71.4 cm³/mol. The van der Waals surface area contributed by atoms with Gasteiger partial charge in [0, 0.05) is 29.2 Å². The molecule has 0 fully saturated rings. The molecule has 0 amide bonds. The molecule has 0 spiro atoms. The van der Waals surface area contributed by atoms with E-state index in [1.54, 1.807) is 16.4 Å². The molecule has 0 aliphatic rings. The summed E-state index contributed by atoms with van der Waals surface area (Å²) in [5, 5.41) is 4.84. The van der Waals surface area contributed by atoms with Gasteiger partial charge in [-0.05, 0) is 24.6 Å². The summed E-state index contributed by atoms with van der Waals surface area (Å²) in [5.74, 6) is 0. The summed E-state index contributed by atoms with van der Waals surface area (Å²) in [7, 11) is 1.90. The zero-order valence-corrected chi connectivity index (χ0v) is 11.3. The number of halogens is 1. The Morgan fingerprint density at radius 3 is 2.71 bits per heavy atom. The molecule has 3 nitrogen and oxygen atoms in total. The van der Waals surface area contributed by atoms with Crippen LogP contribution in [0.1, 0.15) is 18.5 Å². The molecule has 90 valence electrons. The highest BCUT2D eigenvalue weighted by Crippen LogP contribution is 2.31. The lowest BCUT2D eigenvalue weighted by molar-refractivity contribution is 0.766. The maximum absolute atomic E-state index is 6.18. The van der Waals surface area contributed by atoms with Crippen LogP contribution < -0.4 is 5.73 Å². The van der Waals surface area contributed by atoms with E-state index < -0.39 is 0 Å². The fraction of sp³-hybridized carbons (Fsp3) is 0.250. The van der Waals surface area contributed by atoms with Gasteiger partial charge >= 0.3 is 0 Å². The summed E-state index contributed by atoms with van der Waals surface area (Å²) in [6, 6.07) is 5.91. The highest BCUT2D eigenvalue weighted by atomic mass is 35.5. The van der Waals surface area contributed by atoms with Crippen molar-refractivity contribution in [1.82, 2.24) is 9.78 Å². The van der Waals surface area contributed by atoms with Crippen LogP contribution in [0.3, 0.4) is 0 Å². The molecule has 1 atom stereocenters. The molecule has 1 aromatic carbocycles. The summed E-state index contributed by atoms with van der Waals surface area (Å²) < 4.78 is 1.78. The minimum atomic E-state index is -0.0417. The van der Waals surface area contributed by atoms with Gasteiger partial charge in [0.05, 0.1) is 11.1 Å². The van der Waals surface area contributed by atoms with E-state index in [9.17, 15) is 0 Å². The van der Waals surface area contributed by atoms with Gasteiger partial charge in [0.15, 0.2) is 0 Å². The van der Waals surface area contributed by atoms with E-state index in [1.807, 2.05) is 44.6 Å². The lowest BCUT2D eigenvalue weighted by Crippen LogP contribution is -2.05. The van der Waals surface area contributed by atoms with Gasteiger partial charge < -0.3 is 5.73 Å². The molecule has 0 saturated carbocycles. The first-order valence-electron chi connectivity index (χ1n) is 5.28. The van der Waals surface area contributed by atoms with Crippen LogP contribution in [-0.2, 0) is 7.05 Å². The first-order chi connectivity index (χ1) is 8.06. The van der Waals surface area contributed by atoms with Crippen molar-refractivity contribution in [1.29, 1.82) is 0 Å². The van der Waals surface area contributed by atoms with Crippen LogP contribution in [0.5, 0.6) is 0 Å². The number of aryl methyl sites for hydroxylation is 1. The highest BCUT2D eigenvalue weighted by Gasteiger charge is 2.07. The van der Waals surface area contributed by atoms with Gasteiger partial charge in [0.1, 0.15) is 0 Å². The number of rotatable bonds is 3. The van der Waals surface area contributed by atoms with Crippen molar-refractivity contribution in [3.63, 3.8) is 0 Å². The quantitative estimate of drug-likeness (QED) is 0.928. The molecule has 2 aromatic rings. The maximum atomic E-state index is 6.18. The van der Waals surface area contributed by atoms with Crippen molar-refractivity contribution in [3.8, 4) is 0 Å². The van der Waals surface area contributed by atoms with Crippen molar-refractivity contribution in [2.24, 2.45) is 12.8 Å². The molecule has 1 aromatic heterocycles. The van der Waals surface area contributed by atoms with Crippen molar-refractivity contribution < 1.29 is 0 Å². The van der Waals surface area contributed by atoms with E-state index in [0.717, 1.165) is 15.4 Å². The smallest absolute Gasteiger partial charge is 0.0629 e. The van der Waals surface area contributed by atoms with E-state index in [4.69, 9.17) is 17.3 Å². The number of aromatic nitrogens is 2. The Morgan fingerprint density at radius 1 is 1.41 bits per heavy atom. The Balaban J connectivity index is 2.20. The number of nitrogens with zero attached hydrogens (tertiary/aromatic N) is 2. The molecule has 0 aliphatic heterocycles. The van der Waals surface area contributed by atoms with Crippen LogP contribution in [-0.4, -0.2) is 9.78 Å². The monoisotopic (exact) mass is 267 g/mol. The van der Waals surface area contributed by atoms with Crippen molar-refractivity contribution >= 4 is 23.4 Å². The minimum absolute atomic E-state index is 0.0417. The molecule has 0 radical (unpaired) electrons. The number of hydrogen-bond acceptors (Lipinski definition) is 3. The molecule has 17 heavy (non-hydrogen) atoms. The summed E-state index contributed by atoms with van der Waals surface area (Å²) in [5.41, 5.74) is 6.79. The second-order valence-electron chi connectivity index (χ2n) is 3.92. The Labute approximate surface area is 110 Å². The zero-order valence-electron chi connectivity index (χ0n) is 9.72. The van der Waals surface area contributed by atoms with Gasteiger partial charge in [-0.2, -0.15) is 5.10 Å². The third kappa shape index (κ3) is 3.03. The second-order valence-corrected chi connectivity index (χ2v) is 5.48. The molecule has 0 bridgehead atoms. The van der Waals surface area contributed by atoms with Crippen LogP contribution >= 0.6 is 23.4 Å². The number of nitrogens with two attached hydrogens (primary N) is 1. The van der Waals surface area contributed by atoms with E-state index >= 15 is 0 Å². The minimum Gasteiger partial charge on any atom is -0.324 e. The Morgan fingerprint density at radius 2 is 2.18 bits per heavy atom. The molecule has 1 heterocycles. The van der Waals surface area contributed by atoms with E-state index in [-0.39, 0.29) is 6.04 Å². The van der Waals surface area contributed by atoms with Gasteiger partial charge in [-0.15, -0.1) is 0 Å². The molecular weight excluding hydrogens is 254 g/mol. The Kier molecular flexibility index (Phi) is 3.76. The van der Waals surface area contributed by atoms with Crippen molar-refractivity contribution in [3.05, 3.63) is 41.2 Å². The summed E-state index contributed by atoms with van der Waals surface area (Å²) in [4.78, 5) is 2.18. The molecule has 2 N–H and O–H groups in total. The van der Waals surface area contributed by atoms with Gasteiger partial charge in [-0.1, -0.05) is 29.4 Å². The van der Waals surface area contributed by atoms with Gasteiger partial charge in [0.2, 0.25) is 0 Å². The highest BCUT2D eigenvalue weighted by molar-refractivity contribution is 7.99. The van der Waals surface area contributed by atoms with Crippen LogP contribution in [0, 0.1) is 0 Å². The molecule has 0 aliphatic carbocycles. The lowest BCUT2D eigenvalue weighted by Gasteiger charge is -2.09. The number of benzene rings is 1. The number of hydrogen-bond donors (Lipinski definition) is 1. The first kappa shape index (κ1) is 12.5. The molecule has 5 heteroatoms. The Hall–Kier alpha value is -0.970. The van der Waals surface area contributed by atoms with E-state index in [0.29, 0.717) is 5.02 Å². The van der Waals surface area contributed by atoms with Gasteiger partial charge in [0.25, 0.3) is 0 Å². The molecule has 1 unspecified atom stereocenters. The zero-order chi connectivity index (χ0) is 12.4. The van der Waals surface area contributed by atoms with Crippen LogP contribution in [0.25, 0.3) is 0 Å². The van der Waals surface area contributed by atoms with Crippen LogP contribution in [0.15, 0.2) is 40.4 Å². The topological polar surface area (TPSA) is 43.8 Å². The largest absolute Gasteiger partial charge is 0.324 e. The van der Waals surface area contributed by atoms with E-state index in [2.05, 4.69) is 5.10 Å². The predicted octanol–water partition coefficient (Wildman–Crippen LogP) is 3.24. The molecular formula is C12H14ClN3S.